The molecule has 0 bridgehead atoms. The van der Waals surface area contributed by atoms with Gasteiger partial charge in [-0.25, -0.2) is 4.39 Å². The fraction of sp³-hybridized carbons (Fsp3) is 0.238. The summed E-state index contributed by atoms with van der Waals surface area (Å²) in [5.41, 5.74) is 0.139. The molecule has 0 saturated carbocycles. The van der Waals surface area contributed by atoms with Gasteiger partial charge in [0.05, 0.1) is 30.9 Å². The Labute approximate surface area is 166 Å². The summed E-state index contributed by atoms with van der Waals surface area (Å²) in [5, 5.41) is 20.8. The van der Waals surface area contributed by atoms with E-state index in [1.165, 1.54) is 37.3 Å². The minimum absolute atomic E-state index is 0.0533. The van der Waals surface area contributed by atoms with Crippen molar-refractivity contribution in [2.24, 2.45) is 0 Å². The van der Waals surface area contributed by atoms with Crippen LogP contribution in [-0.4, -0.2) is 54.2 Å². The van der Waals surface area contributed by atoms with Crippen molar-refractivity contribution in [1.29, 1.82) is 0 Å². The molecular weight excluding hydrogens is 381 g/mol. The number of amides is 1. The van der Waals surface area contributed by atoms with Crippen LogP contribution < -0.4 is 4.74 Å². The first kappa shape index (κ1) is 20.3. The van der Waals surface area contributed by atoms with E-state index in [0.717, 1.165) is 12.1 Å². The van der Waals surface area contributed by atoms with Gasteiger partial charge in [0.2, 0.25) is 0 Å². The topological polar surface area (TPSA) is 96.3 Å². The van der Waals surface area contributed by atoms with Crippen molar-refractivity contribution in [1.82, 2.24) is 4.90 Å². The van der Waals surface area contributed by atoms with Gasteiger partial charge < -0.3 is 24.6 Å². The van der Waals surface area contributed by atoms with E-state index in [4.69, 9.17) is 9.47 Å². The van der Waals surface area contributed by atoms with E-state index in [-0.39, 0.29) is 35.8 Å². The van der Waals surface area contributed by atoms with Crippen LogP contribution in [0.15, 0.2) is 48.0 Å². The number of Topliss-reactive ketones (excluding diaryl/α,β-unsaturated/α-hetero) is 1. The lowest BCUT2D eigenvalue weighted by molar-refractivity contribution is -0.140. The SMILES string of the molecule is COCCN1C(=O)C(=O)/C(=C(/O)c2cc(F)ccc2OC)C1c1cccc(O)c1. The lowest BCUT2D eigenvalue weighted by atomic mass is 9.95. The Hall–Kier alpha value is -3.39. The van der Waals surface area contributed by atoms with Crippen LogP contribution >= 0.6 is 0 Å². The van der Waals surface area contributed by atoms with E-state index in [1.807, 2.05) is 0 Å². The Bertz CT molecular complexity index is 987. The number of hydrogen-bond acceptors (Lipinski definition) is 6. The largest absolute Gasteiger partial charge is 0.508 e. The molecule has 1 saturated heterocycles. The van der Waals surface area contributed by atoms with E-state index >= 15 is 0 Å². The Balaban J connectivity index is 2.23. The minimum Gasteiger partial charge on any atom is -0.508 e. The Kier molecular flexibility index (Phi) is 5.84. The molecular formula is C21H20FNO6. The maximum absolute atomic E-state index is 13.8. The number of phenolic OH excluding ortho intramolecular Hbond substituents is 1. The summed E-state index contributed by atoms with van der Waals surface area (Å²) in [6.45, 7) is 0.240. The summed E-state index contributed by atoms with van der Waals surface area (Å²) in [7, 11) is 2.80. The number of ether oxygens (including phenoxy) is 2. The predicted molar refractivity (Wildman–Crippen MR) is 102 cm³/mol. The molecule has 2 N–H and O–H groups in total. The molecule has 0 aliphatic carbocycles. The predicted octanol–water partition coefficient (Wildman–Crippen LogP) is 2.61. The summed E-state index contributed by atoms with van der Waals surface area (Å²) >= 11 is 0. The van der Waals surface area contributed by atoms with Crippen LogP contribution in [0, 0.1) is 5.82 Å². The molecule has 1 heterocycles. The van der Waals surface area contributed by atoms with Crippen molar-refractivity contribution < 1.29 is 33.7 Å². The Morgan fingerprint density at radius 2 is 1.93 bits per heavy atom. The lowest BCUT2D eigenvalue weighted by Crippen LogP contribution is -2.32. The van der Waals surface area contributed by atoms with E-state index in [9.17, 15) is 24.2 Å². The summed E-state index contributed by atoms with van der Waals surface area (Å²) in [6.07, 6.45) is 0. The summed E-state index contributed by atoms with van der Waals surface area (Å²) in [5.74, 6) is -2.88. The molecule has 29 heavy (non-hydrogen) atoms. The van der Waals surface area contributed by atoms with Crippen molar-refractivity contribution in [2.45, 2.75) is 6.04 Å². The number of aromatic hydroxyl groups is 1. The van der Waals surface area contributed by atoms with E-state index < -0.39 is 29.3 Å². The smallest absolute Gasteiger partial charge is 0.295 e. The molecule has 2 aromatic rings. The normalized spacial score (nSPS) is 18.3. The standard InChI is InChI=1S/C21H20FNO6/c1-28-9-8-23-18(12-4-3-5-14(24)10-12)17(20(26)21(23)27)19(25)15-11-13(22)6-7-16(15)29-2/h3-7,10-11,18,24-25H,8-9H2,1-2H3/b19-17+. The van der Waals surface area contributed by atoms with Gasteiger partial charge in [-0.05, 0) is 35.9 Å². The number of carbonyl (C=O) groups is 2. The molecule has 8 heteroatoms. The average Bonchev–Trinajstić information content (AvgIpc) is 2.96. The van der Waals surface area contributed by atoms with E-state index in [2.05, 4.69) is 0 Å². The van der Waals surface area contributed by atoms with E-state index in [1.54, 1.807) is 12.1 Å². The number of hydrogen-bond donors (Lipinski definition) is 2. The molecule has 1 aliphatic heterocycles. The number of rotatable bonds is 6. The van der Waals surface area contributed by atoms with Gasteiger partial charge in [0.25, 0.3) is 11.7 Å². The number of benzene rings is 2. The molecule has 152 valence electrons. The Morgan fingerprint density at radius 1 is 1.17 bits per heavy atom. The zero-order chi connectivity index (χ0) is 21.1. The first-order valence-corrected chi connectivity index (χ1v) is 8.79. The molecule has 7 nitrogen and oxygen atoms in total. The maximum atomic E-state index is 13.8. The highest BCUT2D eigenvalue weighted by atomic mass is 19.1. The number of methoxy groups -OCH3 is 2. The van der Waals surface area contributed by atoms with Gasteiger partial charge in [-0.2, -0.15) is 0 Å². The monoisotopic (exact) mass is 401 g/mol. The number of phenols is 1. The Morgan fingerprint density at radius 3 is 2.59 bits per heavy atom. The van der Waals surface area contributed by atoms with Gasteiger partial charge in [0.15, 0.2) is 0 Å². The summed E-state index contributed by atoms with van der Waals surface area (Å²) < 4.78 is 24.0. The molecule has 1 atom stereocenters. The van der Waals surface area contributed by atoms with Crippen molar-refractivity contribution in [3.05, 3.63) is 65.0 Å². The number of ketones is 1. The van der Waals surface area contributed by atoms with Crippen LogP contribution in [0.4, 0.5) is 4.39 Å². The second-order valence-corrected chi connectivity index (χ2v) is 6.42. The average molecular weight is 401 g/mol. The van der Waals surface area contributed by atoms with Crippen LogP contribution in [0.3, 0.4) is 0 Å². The highest BCUT2D eigenvalue weighted by Gasteiger charge is 2.46. The first-order valence-electron chi connectivity index (χ1n) is 8.79. The number of aliphatic hydroxyl groups is 1. The van der Waals surface area contributed by atoms with Gasteiger partial charge in [0, 0.05) is 13.7 Å². The third kappa shape index (κ3) is 3.79. The molecule has 0 radical (unpaired) electrons. The number of nitrogens with zero attached hydrogens (tertiary/aromatic N) is 1. The number of aliphatic hydroxyl groups excluding tert-OH is 1. The van der Waals surface area contributed by atoms with Crippen LogP contribution in [0.5, 0.6) is 11.5 Å². The quantitative estimate of drug-likeness (QED) is 0.439. The zero-order valence-corrected chi connectivity index (χ0v) is 15.9. The fourth-order valence-electron chi connectivity index (χ4n) is 3.35. The van der Waals surface area contributed by atoms with Gasteiger partial charge in [-0.1, -0.05) is 12.1 Å². The number of likely N-dealkylation sites (tertiary alicyclic amines) is 1. The molecule has 3 rings (SSSR count). The molecule has 1 unspecified atom stereocenters. The highest BCUT2D eigenvalue weighted by molar-refractivity contribution is 6.46. The van der Waals surface area contributed by atoms with Crippen molar-refractivity contribution >= 4 is 17.4 Å². The highest BCUT2D eigenvalue weighted by Crippen LogP contribution is 2.41. The van der Waals surface area contributed by atoms with E-state index in [0.29, 0.717) is 5.56 Å². The zero-order valence-electron chi connectivity index (χ0n) is 15.9. The molecule has 1 aliphatic rings. The molecule has 2 aromatic carbocycles. The fourth-order valence-corrected chi connectivity index (χ4v) is 3.35. The summed E-state index contributed by atoms with van der Waals surface area (Å²) in [4.78, 5) is 26.7. The second-order valence-electron chi connectivity index (χ2n) is 6.42. The molecule has 1 fully saturated rings. The van der Waals surface area contributed by atoms with Crippen LogP contribution in [0.2, 0.25) is 0 Å². The van der Waals surface area contributed by atoms with Crippen LogP contribution in [-0.2, 0) is 14.3 Å². The molecule has 0 aromatic heterocycles. The van der Waals surface area contributed by atoms with Crippen molar-refractivity contribution in [2.75, 3.05) is 27.4 Å². The van der Waals surface area contributed by atoms with Gasteiger partial charge in [-0.3, -0.25) is 9.59 Å². The number of halogens is 1. The first-order chi connectivity index (χ1) is 13.9. The summed E-state index contributed by atoms with van der Waals surface area (Å²) in [6, 6.07) is 8.53. The minimum atomic E-state index is -0.981. The van der Waals surface area contributed by atoms with Crippen LogP contribution in [0.25, 0.3) is 5.76 Å². The number of carbonyl (C=O) groups excluding carboxylic acids is 2. The lowest BCUT2D eigenvalue weighted by Gasteiger charge is -2.25. The molecule has 0 spiro atoms. The second kappa shape index (κ2) is 8.32. The molecule has 1 amide bonds. The van der Waals surface area contributed by atoms with Gasteiger partial charge in [-0.15, -0.1) is 0 Å². The maximum Gasteiger partial charge on any atom is 0.295 e. The third-order valence-electron chi connectivity index (χ3n) is 4.68. The van der Waals surface area contributed by atoms with Crippen LogP contribution in [0.1, 0.15) is 17.2 Å². The third-order valence-corrected chi connectivity index (χ3v) is 4.68. The van der Waals surface area contributed by atoms with Crippen molar-refractivity contribution in [3.63, 3.8) is 0 Å². The van der Waals surface area contributed by atoms with Crippen molar-refractivity contribution in [3.8, 4) is 11.5 Å². The van der Waals surface area contributed by atoms with Gasteiger partial charge in [0.1, 0.15) is 23.1 Å². The van der Waals surface area contributed by atoms with Gasteiger partial charge >= 0.3 is 0 Å².